The summed E-state index contributed by atoms with van der Waals surface area (Å²) in [4.78, 5) is 5.75. The number of nitrogens with zero attached hydrogens (tertiary/aromatic N) is 2. The number of benzene rings is 1. The van der Waals surface area contributed by atoms with Gasteiger partial charge in [-0.05, 0) is 30.5 Å². The Labute approximate surface area is 99.7 Å². The van der Waals surface area contributed by atoms with E-state index < -0.39 is 5.95 Å². The predicted octanol–water partition coefficient (Wildman–Crippen LogP) is 3.31. The van der Waals surface area contributed by atoms with E-state index in [0.717, 1.165) is 25.1 Å². The molecule has 3 heteroatoms. The third-order valence-electron chi connectivity index (χ3n) is 3.13. The summed E-state index contributed by atoms with van der Waals surface area (Å²) in [5.41, 5.74) is 3.39. The molecule has 17 heavy (non-hydrogen) atoms. The highest BCUT2D eigenvalue weighted by Gasteiger charge is 2.17. The fourth-order valence-electron chi connectivity index (χ4n) is 2.36. The van der Waals surface area contributed by atoms with Crippen molar-refractivity contribution in [1.82, 2.24) is 4.98 Å². The van der Waals surface area contributed by atoms with Gasteiger partial charge < -0.3 is 4.90 Å². The summed E-state index contributed by atoms with van der Waals surface area (Å²) in [5.74, 6) is -0.425. The molecule has 86 valence electrons. The minimum absolute atomic E-state index is 0.425. The summed E-state index contributed by atoms with van der Waals surface area (Å²) in [6, 6.07) is 11.6. The van der Waals surface area contributed by atoms with Crippen LogP contribution in [0.15, 0.2) is 42.6 Å². The molecule has 1 aliphatic rings. The van der Waals surface area contributed by atoms with Crippen LogP contribution in [0, 0.1) is 5.95 Å². The van der Waals surface area contributed by atoms with Crippen molar-refractivity contribution in [2.24, 2.45) is 0 Å². The first-order chi connectivity index (χ1) is 8.34. The molecule has 0 bridgehead atoms. The molecule has 0 radical (unpaired) electrons. The first-order valence-corrected chi connectivity index (χ1v) is 5.81. The Bertz CT molecular complexity index is 539. The van der Waals surface area contributed by atoms with Gasteiger partial charge in [-0.3, -0.25) is 0 Å². The van der Waals surface area contributed by atoms with E-state index >= 15 is 0 Å². The fourth-order valence-corrected chi connectivity index (χ4v) is 2.36. The molecule has 0 unspecified atom stereocenters. The van der Waals surface area contributed by atoms with Gasteiger partial charge in [0.2, 0.25) is 5.95 Å². The summed E-state index contributed by atoms with van der Waals surface area (Å²) < 4.78 is 13.2. The van der Waals surface area contributed by atoms with Gasteiger partial charge in [0.15, 0.2) is 0 Å². The van der Waals surface area contributed by atoms with E-state index in [9.17, 15) is 4.39 Å². The molecule has 1 aromatic heterocycles. The summed E-state index contributed by atoms with van der Waals surface area (Å²) >= 11 is 0. The number of fused-ring (bicyclic) bond motifs is 1. The Hall–Kier alpha value is -1.90. The monoisotopic (exact) mass is 228 g/mol. The van der Waals surface area contributed by atoms with Gasteiger partial charge >= 0.3 is 0 Å². The van der Waals surface area contributed by atoms with Crippen LogP contribution in [0.1, 0.15) is 12.0 Å². The second-order valence-corrected chi connectivity index (χ2v) is 4.22. The lowest BCUT2D eigenvalue weighted by atomic mass is 10.0. The molecule has 3 rings (SSSR count). The number of aryl methyl sites for hydroxylation is 1. The molecular weight excluding hydrogens is 215 g/mol. The molecule has 0 saturated carbocycles. The third-order valence-corrected chi connectivity index (χ3v) is 3.13. The average molecular weight is 228 g/mol. The Morgan fingerprint density at radius 3 is 2.94 bits per heavy atom. The van der Waals surface area contributed by atoms with E-state index in [-0.39, 0.29) is 0 Å². The Kier molecular flexibility index (Phi) is 2.52. The first kappa shape index (κ1) is 10.3. The molecule has 0 N–H and O–H groups in total. The molecule has 2 nitrogen and oxygen atoms in total. The normalized spacial score (nSPS) is 14.5. The standard InChI is InChI=1S/C14H13FN2/c15-14-10-12(7-8-16-14)17-9-3-5-11-4-1-2-6-13(11)17/h1-2,4,6-8,10H,3,5,9H2. The van der Waals surface area contributed by atoms with E-state index in [2.05, 4.69) is 28.1 Å². The van der Waals surface area contributed by atoms with Crippen LogP contribution in [0.3, 0.4) is 0 Å². The summed E-state index contributed by atoms with van der Waals surface area (Å²) in [7, 11) is 0. The second kappa shape index (κ2) is 4.17. The molecule has 2 heterocycles. The van der Waals surface area contributed by atoms with E-state index in [4.69, 9.17) is 0 Å². The highest BCUT2D eigenvalue weighted by molar-refractivity contribution is 5.67. The van der Waals surface area contributed by atoms with Gasteiger partial charge in [0.05, 0.1) is 0 Å². The topological polar surface area (TPSA) is 16.1 Å². The van der Waals surface area contributed by atoms with Crippen LogP contribution in [-0.2, 0) is 6.42 Å². The van der Waals surface area contributed by atoms with Crippen LogP contribution >= 0.6 is 0 Å². The van der Waals surface area contributed by atoms with Crippen LogP contribution in [0.4, 0.5) is 15.8 Å². The Morgan fingerprint density at radius 1 is 1.18 bits per heavy atom. The predicted molar refractivity (Wildman–Crippen MR) is 66.0 cm³/mol. The largest absolute Gasteiger partial charge is 0.341 e. The van der Waals surface area contributed by atoms with Crippen molar-refractivity contribution in [1.29, 1.82) is 0 Å². The number of pyridine rings is 1. The maximum Gasteiger partial charge on any atom is 0.214 e. The van der Waals surface area contributed by atoms with Gasteiger partial charge in [0, 0.05) is 30.2 Å². The van der Waals surface area contributed by atoms with Gasteiger partial charge in [-0.1, -0.05) is 18.2 Å². The number of rotatable bonds is 1. The maximum absolute atomic E-state index is 13.2. The lowest BCUT2D eigenvalue weighted by Gasteiger charge is -2.31. The van der Waals surface area contributed by atoms with Crippen LogP contribution in [0.25, 0.3) is 0 Å². The smallest absolute Gasteiger partial charge is 0.214 e. The molecular formula is C14H13FN2. The number of hydrogen-bond donors (Lipinski definition) is 0. The van der Waals surface area contributed by atoms with Gasteiger partial charge in [-0.2, -0.15) is 4.39 Å². The van der Waals surface area contributed by atoms with E-state index in [1.807, 2.05) is 12.1 Å². The van der Waals surface area contributed by atoms with E-state index in [1.54, 1.807) is 0 Å². The second-order valence-electron chi connectivity index (χ2n) is 4.22. The lowest BCUT2D eigenvalue weighted by Crippen LogP contribution is -2.24. The zero-order valence-electron chi connectivity index (χ0n) is 9.44. The molecule has 0 fully saturated rings. The first-order valence-electron chi connectivity index (χ1n) is 5.81. The van der Waals surface area contributed by atoms with E-state index in [0.29, 0.717) is 0 Å². The molecule has 0 saturated heterocycles. The van der Waals surface area contributed by atoms with E-state index in [1.165, 1.54) is 23.5 Å². The highest BCUT2D eigenvalue weighted by atomic mass is 19.1. The Morgan fingerprint density at radius 2 is 2.06 bits per heavy atom. The minimum Gasteiger partial charge on any atom is -0.341 e. The maximum atomic E-state index is 13.2. The molecule has 0 spiro atoms. The summed E-state index contributed by atoms with van der Waals surface area (Å²) in [6.45, 7) is 0.931. The zero-order valence-corrected chi connectivity index (χ0v) is 9.44. The summed E-state index contributed by atoms with van der Waals surface area (Å²) in [6.07, 6.45) is 3.71. The van der Waals surface area contributed by atoms with Crippen LogP contribution in [0.2, 0.25) is 0 Å². The minimum atomic E-state index is -0.425. The highest BCUT2D eigenvalue weighted by Crippen LogP contribution is 2.32. The van der Waals surface area contributed by atoms with Gasteiger partial charge in [0.25, 0.3) is 0 Å². The number of halogens is 1. The van der Waals surface area contributed by atoms with Crippen LogP contribution in [-0.4, -0.2) is 11.5 Å². The molecule has 1 aliphatic heterocycles. The average Bonchev–Trinajstić information content (AvgIpc) is 2.38. The van der Waals surface area contributed by atoms with Crippen molar-refractivity contribution in [2.45, 2.75) is 12.8 Å². The lowest BCUT2D eigenvalue weighted by molar-refractivity contribution is 0.583. The number of aromatic nitrogens is 1. The molecule has 0 amide bonds. The molecule has 1 aromatic carbocycles. The number of para-hydroxylation sites is 1. The molecule has 0 aliphatic carbocycles. The quantitative estimate of drug-likeness (QED) is 0.696. The number of anilines is 2. The van der Waals surface area contributed by atoms with Crippen molar-refractivity contribution in [2.75, 3.05) is 11.4 Å². The van der Waals surface area contributed by atoms with Crippen molar-refractivity contribution in [3.05, 3.63) is 54.1 Å². The molecule has 2 aromatic rings. The number of hydrogen-bond acceptors (Lipinski definition) is 2. The van der Waals surface area contributed by atoms with Crippen molar-refractivity contribution in [3.8, 4) is 0 Å². The fraction of sp³-hybridized carbons (Fsp3) is 0.214. The van der Waals surface area contributed by atoms with Gasteiger partial charge in [-0.15, -0.1) is 0 Å². The van der Waals surface area contributed by atoms with Crippen molar-refractivity contribution in [3.63, 3.8) is 0 Å². The van der Waals surface area contributed by atoms with Crippen molar-refractivity contribution < 1.29 is 4.39 Å². The van der Waals surface area contributed by atoms with Gasteiger partial charge in [-0.25, -0.2) is 4.98 Å². The van der Waals surface area contributed by atoms with Crippen LogP contribution < -0.4 is 4.90 Å². The van der Waals surface area contributed by atoms with Gasteiger partial charge in [0.1, 0.15) is 0 Å². The Balaban J connectivity index is 2.06. The SMILES string of the molecule is Fc1cc(N2CCCc3ccccc32)ccn1. The summed E-state index contributed by atoms with van der Waals surface area (Å²) in [5, 5.41) is 0. The van der Waals surface area contributed by atoms with Crippen LogP contribution in [0.5, 0.6) is 0 Å². The third kappa shape index (κ3) is 1.88. The zero-order chi connectivity index (χ0) is 11.7. The van der Waals surface area contributed by atoms with Crippen molar-refractivity contribution >= 4 is 11.4 Å². The molecule has 0 atom stereocenters.